The van der Waals surface area contributed by atoms with Gasteiger partial charge in [0.2, 0.25) is 0 Å². The van der Waals surface area contributed by atoms with Gasteiger partial charge in [0.25, 0.3) is 5.91 Å². The second-order valence-electron chi connectivity index (χ2n) is 4.54. The summed E-state index contributed by atoms with van der Waals surface area (Å²) in [5.41, 5.74) is 1.66. The highest BCUT2D eigenvalue weighted by Gasteiger charge is 2.08. The van der Waals surface area contributed by atoms with Crippen LogP contribution in [0.4, 0.5) is 5.69 Å². The number of ether oxygens (including phenoxy) is 1. The number of nitrogens with zero attached hydrogens (tertiary/aromatic N) is 1. The van der Waals surface area contributed by atoms with Gasteiger partial charge >= 0.3 is 0 Å². The third-order valence-electron chi connectivity index (χ3n) is 2.72. The number of rotatable bonds is 7. The molecule has 0 saturated carbocycles. The molecule has 0 heterocycles. The minimum atomic E-state index is -0.0787. The van der Waals surface area contributed by atoms with Crippen LogP contribution in [0.1, 0.15) is 16.8 Å². The van der Waals surface area contributed by atoms with Crippen LogP contribution in [0.5, 0.6) is 0 Å². The molecule has 0 radical (unpaired) electrons. The summed E-state index contributed by atoms with van der Waals surface area (Å²) in [6.07, 6.45) is 0.689. The van der Waals surface area contributed by atoms with Gasteiger partial charge in [-0.05, 0) is 24.6 Å². The van der Waals surface area contributed by atoms with Crippen LogP contribution in [0, 0.1) is 0 Å². The molecule has 1 N–H and O–H groups in total. The average molecular weight is 285 g/mol. The Morgan fingerprint density at radius 3 is 2.84 bits per heavy atom. The van der Waals surface area contributed by atoms with Gasteiger partial charge in [0, 0.05) is 39.0 Å². The molecule has 0 aromatic heterocycles. The van der Waals surface area contributed by atoms with Crippen LogP contribution in [0.25, 0.3) is 0 Å². The Bertz CT molecular complexity index is 410. The number of carbonyl (C=O) groups excluding carboxylic acids is 1. The van der Waals surface area contributed by atoms with Gasteiger partial charge in [-0.1, -0.05) is 6.07 Å². The van der Waals surface area contributed by atoms with Gasteiger partial charge in [-0.25, -0.2) is 0 Å². The smallest absolute Gasteiger partial charge is 0.251 e. The van der Waals surface area contributed by atoms with Crippen LogP contribution in [-0.2, 0) is 4.74 Å². The first-order valence-corrected chi connectivity index (χ1v) is 6.67. The number of anilines is 1. The van der Waals surface area contributed by atoms with Crippen molar-refractivity contribution in [2.24, 2.45) is 0 Å². The van der Waals surface area contributed by atoms with Crippen LogP contribution in [-0.4, -0.2) is 45.6 Å². The maximum absolute atomic E-state index is 12.0. The van der Waals surface area contributed by atoms with Crippen LogP contribution in [0.3, 0.4) is 0 Å². The standard InChI is InChI=1S/C14H21ClN2O2/c1-17(2)13-6-4-5-11(9-13)14(18)16-8-7-12(15)10-19-3/h4-6,9,12H,7-8,10H2,1-3H3,(H,16,18). The summed E-state index contributed by atoms with van der Waals surface area (Å²) in [4.78, 5) is 13.9. The fraction of sp³-hybridized carbons (Fsp3) is 0.500. The van der Waals surface area contributed by atoms with Crippen LogP contribution < -0.4 is 10.2 Å². The maximum atomic E-state index is 12.0. The van der Waals surface area contributed by atoms with Gasteiger partial charge in [0.1, 0.15) is 0 Å². The van der Waals surface area contributed by atoms with E-state index in [4.69, 9.17) is 16.3 Å². The highest BCUT2D eigenvalue weighted by atomic mass is 35.5. The quantitative estimate of drug-likeness (QED) is 0.780. The molecule has 0 bridgehead atoms. The third-order valence-corrected chi connectivity index (χ3v) is 3.06. The van der Waals surface area contributed by atoms with Crippen molar-refractivity contribution in [3.8, 4) is 0 Å². The van der Waals surface area contributed by atoms with E-state index in [9.17, 15) is 4.79 Å². The van der Waals surface area contributed by atoms with Crippen LogP contribution >= 0.6 is 11.6 Å². The number of benzene rings is 1. The molecular weight excluding hydrogens is 264 g/mol. The van der Waals surface area contributed by atoms with E-state index in [1.807, 2.05) is 37.2 Å². The first-order chi connectivity index (χ1) is 9.04. The molecular formula is C14H21ClN2O2. The first-order valence-electron chi connectivity index (χ1n) is 6.23. The number of halogens is 1. The molecule has 1 aromatic carbocycles. The Balaban J connectivity index is 2.47. The third kappa shape index (κ3) is 5.49. The lowest BCUT2D eigenvalue weighted by atomic mass is 10.2. The number of methoxy groups -OCH3 is 1. The van der Waals surface area contributed by atoms with Crippen molar-refractivity contribution in [2.45, 2.75) is 11.8 Å². The van der Waals surface area contributed by atoms with Crippen LogP contribution in [0.15, 0.2) is 24.3 Å². The van der Waals surface area contributed by atoms with E-state index < -0.39 is 0 Å². The summed E-state index contributed by atoms with van der Waals surface area (Å²) in [5, 5.41) is 2.79. The Morgan fingerprint density at radius 1 is 1.47 bits per heavy atom. The van der Waals surface area contributed by atoms with Gasteiger partial charge in [-0.15, -0.1) is 11.6 Å². The molecule has 1 amide bonds. The summed E-state index contributed by atoms with van der Waals surface area (Å²) in [5.74, 6) is -0.0787. The monoisotopic (exact) mass is 284 g/mol. The highest BCUT2D eigenvalue weighted by Crippen LogP contribution is 2.13. The second kappa shape index (κ2) is 8.02. The Kier molecular flexibility index (Phi) is 6.67. The summed E-state index contributed by atoms with van der Waals surface area (Å²) in [6, 6.07) is 7.50. The fourth-order valence-electron chi connectivity index (χ4n) is 1.63. The molecule has 1 rings (SSSR count). The largest absolute Gasteiger partial charge is 0.383 e. The number of hydrogen-bond acceptors (Lipinski definition) is 3. The molecule has 1 aromatic rings. The first kappa shape index (κ1) is 15.8. The lowest BCUT2D eigenvalue weighted by Crippen LogP contribution is -2.27. The summed E-state index contributed by atoms with van der Waals surface area (Å²) in [6.45, 7) is 1.04. The van der Waals surface area contributed by atoms with Crippen molar-refractivity contribution >= 4 is 23.2 Å². The summed E-state index contributed by atoms with van der Waals surface area (Å²) in [7, 11) is 5.50. The van der Waals surface area contributed by atoms with Crippen molar-refractivity contribution in [1.29, 1.82) is 0 Å². The Hall–Kier alpha value is -1.26. The normalized spacial score (nSPS) is 12.0. The molecule has 5 heteroatoms. The maximum Gasteiger partial charge on any atom is 0.251 e. The van der Waals surface area contributed by atoms with Gasteiger partial charge < -0.3 is 15.0 Å². The number of amides is 1. The van der Waals surface area contributed by atoms with Crippen molar-refractivity contribution in [3.05, 3.63) is 29.8 Å². The number of carbonyl (C=O) groups is 1. The minimum absolute atomic E-state index is 0.0709. The summed E-state index contributed by atoms with van der Waals surface area (Å²) >= 11 is 5.99. The zero-order chi connectivity index (χ0) is 14.3. The fourth-order valence-corrected chi connectivity index (χ4v) is 1.87. The number of nitrogens with one attached hydrogen (secondary N) is 1. The van der Waals surface area contributed by atoms with E-state index >= 15 is 0 Å². The Labute approximate surface area is 119 Å². The lowest BCUT2D eigenvalue weighted by Gasteiger charge is -2.14. The zero-order valence-corrected chi connectivity index (χ0v) is 12.4. The number of hydrogen-bond donors (Lipinski definition) is 1. The van der Waals surface area contributed by atoms with Gasteiger partial charge in [0.15, 0.2) is 0 Å². The lowest BCUT2D eigenvalue weighted by molar-refractivity contribution is 0.0951. The molecule has 0 aliphatic heterocycles. The molecule has 0 aliphatic carbocycles. The predicted octanol–water partition coefficient (Wildman–Crippen LogP) is 2.13. The van der Waals surface area contributed by atoms with E-state index in [0.29, 0.717) is 25.1 Å². The summed E-state index contributed by atoms with van der Waals surface area (Å²) < 4.78 is 4.94. The number of alkyl halides is 1. The van der Waals surface area contributed by atoms with E-state index in [1.165, 1.54) is 0 Å². The molecule has 0 aliphatic rings. The van der Waals surface area contributed by atoms with Crippen molar-refractivity contribution in [2.75, 3.05) is 39.3 Å². The molecule has 4 nitrogen and oxygen atoms in total. The van der Waals surface area contributed by atoms with Crippen molar-refractivity contribution in [1.82, 2.24) is 5.32 Å². The van der Waals surface area contributed by atoms with E-state index in [1.54, 1.807) is 13.2 Å². The van der Waals surface area contributed by atoms with E-state index in [2.05, 4.69) is 5.32 Å². The molecule has 0 fully saturated rings. The average Bonchev–Trinajstić information content (AvgIpc) is 2.39. The van der Waals surface area contributed by atoms with Crippen molar-refractivity contribution < 1.29 is 9.53 Å². The molecule has 0 saturated heterocycles. The topological polar surface area (TPSA) is 41.6 Å². The molecule has 1 unspecified atom stereocenters. The second-order valence-corrected chi connectivity index (χ2v) is 5.16. The van der Waals surface area contributed by atoms with E-state index in [-0.39, 0.29) is 11.3 Å². The minimum Gasteiger partial charge on any atom is -0.383 e. The predicted molar refractivity (Wildman–Crippen MR) is 79.2 cm³/mol. The molecule has 1 atom stereocenters. The Morgan fingerprint density at radius 2 is 2.21 bits per heavy atom. The molecule has 0 spiro atoms. The van der Waals surface area contributed by atoms with Gasteiger partial charge in [0.05, 0.1) is 12.0 Å². The van der Waals surface area contributed by atoms with Crippen LogP contribution in [0.2, 0.25) is 0 Å². The highest BCUT2D eigenvalue weighted by molar-refractivity contribution is 6.20. The van der Waals surface area contributed by atoms with Gasteiger partial charge in [-0.3, -0.25) is 4.79 Å². The SMILES string of the molecule is COCC(Cl)CCNC(=O)c1cccc(N(C)C)c1. The molecule has 106 valence electrons. The van der Waals surface area contributed by atoms with Gasteiger partial charge in [-0.2, -0.15) is 0 Å². The van der Waals surface area contributed by atoms with E-state index in [0.717, 1.165) is 5.69 Å². The zero-order valence-electron chi connectivity index (χ0n) is 11.6. The van der Waals surface area contributed by atoms with Crippen molar-refractivity contribution in [3.63, 3.8) is 0 Å². The molecule has 19 heavy (non-hydrogen) atoms.